The minimum atomic E-state index is -0.583. The lowest BCUT2D eigenvalue weighted by Crippen LogP contribution is -2.16. The lowest BCUT2D eigenvalue weighted by Gasteiger charge is -2.12. The van der Waals surface area contributed by atoms with Crippen LogP contribution >= 0.6 is 0 Å². The Kier molecular flexibility index (Phi) is 6.28. The highest BCUT2D eigenvalue weighted by Gasteiger charge is 2.28. The van der Waals surface area contributed by atoms with Gasteiger partial charge in [-0.05, 0) is 49.8 Å². The Balaban J connectivity index is 1.73. The van der Waals surface area contributed by atoms with Crippen molar-refractivity contribution in [1.29, 1.82) is 0 Å². The first-order chi connectivity index (χ1) is 17.5. The molecule has 0 aliphatic heterocycles. The van der Waals surface area contributed by atoms with E-state index in [4.69, 9.17) is 14.7 Å². The summed E-state index contributed by atoms with van der Waals surface area (Å²) >= 11 is 0. The topological polar surface area (TPSA) is 86.1 Å². The van der Waals surface area contributed by atoms with Crippen LogP contribution in [0.1, 0.15) is 28.4 Å². The zero-order chi connectivity index (χ0) is 25.1. The van der Waals surface area contributed by atoms with Gasteiger partial charge in [0.05, 0.1) is 17.6 Å². The molecule has 2 aromatic heterocycles. The third kappa shape index (κ3) is 4.46. The van der Waals surface area contributed by atoms with E-state index < -0.39 is 11.9 Å². The maximum Gasteiger partial charge on any atom is 0.344 e. The van der Waals surface area contributed by atoms with E-state index >= 15 is 0 Å². The Hall–Kier alpha value is -4.78. The van der Waals surface area contributed by atoms with Crippen LogP contribution in [-0.4, -0.2) is 33.0 Å². The maximum absolute atomic E-state index is 13.2. The van der Waals surface area contributed by atoms with Gasteiger partial charge in [-0.3, -0.25) is 9.36 Å². The molecule has 0 saturated carbocycles. The first-order valence-corrected chi connectivity index (χ1v) is 11.6. The van der Waals surface area contributed by atoms with E-state index in [1.54, 1.807) is 17.6 Å². The number of hydrogen-bond donors (Lipinski definition) is 1. The van der Waals surface area contributed by atoms with Gasteiger partial charge in [0.25, 0.3) is 0 Å². The number of nitrogens with zero attached hydrogens (tertiary/aromatic N) is 3. The molecule has 36 heavy (non-hydrogen) atoms. The molecule has 0 saturated heterocycles. The summed E-state index contributed by atoms with van der Waals surface area (Å²) in [6.07, 6.45) is 3.14. The van der Waals surface area contributed by atoms with E-state index in [1.807, 2.05) is 85.8 Å². The molecule has 0 unspecified atom stereocenters. The number of esters is 1. The molecule has 0 aliphatic carbocycles. The highest BCUT2D eigenvalue weighted by Crippen LogP contribution is 2.33. The Bertz CT molecular complexity index is 1600. The third-order valence-electron chi connectivity index (χ3n) is 5.70. The predicted octanol–water partition coefficient (Wildman–Crippen LogP) is 5.71. The SMILES string of the molecule is CCOC(=O)c1c(NC(=O)C=Cc2ccccc2)n(-c2ccc(C)cc2)c2nc3ccccc3nc12. The van der Waals surface area contributed by atoms with Crippen molar-refractivity contribution >= 4 is 46.0 Å². The molecule has 1 N–H and O–H groups in total. The molecular weight excluding hydrogens is 452 g/mol. The Morgan fingerprint density at radius 2 is 1.58 bits per heavy atom. The van der Waals surface area contributed by atoms with Crippen molar-refractivity contribution in [2.75, 3.05) is 11.9 Å². The average Bonchev–Trinajstić information content (AvgIpc) is 3.19. The molecule has 2 heterocycles. The van der Waals surface area contributed by atoms with Gasteiger partial charge in [-0.25, -0.2) is 14.8 Å². The van der Waals surface area contributed by atoms with Gasteiger partial charge in [-0.2, -0.15) is 0 Å². The van der Waals surface area contributed by atoms with E-state index in [2.05, 4.69) is 5.32 Å². The van der Waals surface area contributed by atoms with Crippen LogP contribution in [0.5, 0.6) is 0 Å². The van der Waals surface area contributed by atoms with E-state index in [-0.39, 0.29) is 18.0 Å². The molecule has 0 fully saturated rings. The van der Waals surface area contributed by atoms with Crippen LogP contribution in [0, 0.1) is 6.92 Å². The lowest BCUT2D eigenvalue weighted by molar-refractivity contribution is -0.111. The summed E-state index contributed by atoms with van der Waals surface area (Å²) in [5, 5.41) is 2.90. The van der Waals surface area contributed by atoms with Crippen LogP contribution in [0.2, 0.25) is 0 Å². The fraction of sp³-hybridized carbons (Fsp3) is 0.103. The fourth-order valence-electron chi connectivity index (χ4n) is 4.00. The number of para-hydroxylation sites is 2. The highest BCUT2D eigenvalue weighted by atomic mass is 16.5. The number of carbonyl (C=O) groups excluding carboxylic acids is 2. The molecule has 0 atom stereocenters. The molecule has 0 spiro atoms. The number of anilines is 1. The quantitative estimate of drug-likeness (QED) is 0.251. The molecule has 7 nitrogen and oxygen atoms in total. The zero-order valence-corrected chi connectivity index (χ0v) is 19.9. The van der Waals surface area contributed by atoms with E-state index in [9.17, 15) is 9.59 Å². The number of aryl methyl sites for hydroxylation is 1. The van der Waals surface area contributed by atoms with Crippen molar-refractivity contribution in [2.24, 2.45) is 0 Å². The fourth-order valence-corrected chi connectivity index (χ4v) is 4.00. The number of benzene rings is 3. The third-order valence-corrected chi connectivity index (χ3v) is 5.70. The number of hydrogen-bond acceptors (Lipinski definition) is 5. The monoisotopic (exact) mass is 476 g/mol. The van der Waals surface area contributed by atoms with Crippen LogP contribution in [0.3, 0.4) is 0 Å². The standard InChI is InChI=1S/C29H24N4O3/c1-3-36-29(35)25-26-28(31-23-12-8-7-11-22(23)30-26)33(21-16-13-19(2)14-17-21)27(25)32-24(34)18-15-20-9-5-4-6-10-20/h4-18H,3H2,1-2H3,(H,32,34). The number of nitrogens with one attached hydrogen (secondary N) is 1. The number of rotatable bonds is 6. The minimum Gasteiger partial charge on any atom is -0.462 e. The predicted molar refractivity (Wildman–Crippen MR) is 141 cm³/mol. The second kappa shape index (κ2) is 9.84. The van der Waals surface area contributed by atoms with Crippen molar-refractivity contribution in [3.05, 3.63) is 102 Å². The van der Waals surface area contributed by atoms with Crippen molar-refractivity contribution in [3.63, 3.8) is 0 Å². The number of aromatic nitrogens is 3. The molecule has 3 aromatic carbocycles. The van der Waals surface area contributed by atoms with E-state index in [1.165, 1.54) is 6.08 Å². The van der Waals surface area contributed by atoms with Gasteiger partial charge in [-0.1, -0.05) is 60.2 Å². The van der Waals surface area contributed by atoms with Crippen molar-refractivity contribution in [1.82, 2.24) is 14.5 Å². The second-order valence-corrected chi connectivity index (χ2v) is 8.23. The molecule has 5 aromatic rings. The van der Waals surface area contributed by atoms with Gasteiger partial charge in [0.15, 0.2) is 5.65 Å². The van der Waals surface area contributed by atoms with Gasteiger partial charge in [0.1, 0.15) is 16.9 Å². The van der Waals surface area contributed by atoms with Crippen molar-refractivity contribution in [3.8, 4) is 5.69 Å². The number of amides is 1. The van der Waals surface area contributed by atoms with Gasteiger partial charge in [-0.15, -0.1) is 0 Å². The highest BCUT2D eigenvalue weighted by molar-refractivity contribution is 6.13. The summed E-state index contributed by atoms with van der Waals surface area (Å²) in [5.74, 6) is -0.726. The van der Waals surface area contributed by atoms with E-state index in [0.717, 1.165) is 16.8 Å². The van der Waals surface area contributed by atoms with Crippen molar-refractivity contribution in [2.45, 2.75) is 13.8 Å². The smallest absolute Gasteiger partial charge is 0.344 e. The largest absolute Gasteiger partial charge is 0.462 e. The van der Waals surface area contributed by atoms with Gasteiger partial charge < -0.3 is 10.1 Å². The minimum absolute atomic E-state index is 0.159. The number of carbonyl (C=O) groups is 2. The van der Waals surface area contributed by atoms with Crippen LogP contribution < -0.4 is 5.32 Å². The van der Waals surface area contributed by atoms with Crippen LogP contribution in [-0.2, 0) is 9.53 Å². The normalized spacial score (nSPS) is 11.3. The summed E-state index contributed by atoms with van der Waals surface area (Å²) in [5.41, 5.74) is 4.96. The summed E-state index contributed by atoms with van der Waals surface area (Å²) in [6.45, 7) is 3.91. The zero-order valence-electron chi connectivity index (χ0n) is 19.9. The average molecular weight is 477 g/mol. The maximum atomic E-state index is 13.2. The molecule has 1 amide bonds. The molecule has 0 aliphatic rings. The first-order valence-electron chi connectivity index (χ1n) is 11.6. The molecule has 0 radical (unpaired) electrons. The van der Waals surface area contributed by atoms with Gasteiger partial charge in [0.2, 0.25) is 5.91 Å². The van der Waals surface area contributed by atoms with E-state index in [0.29, 0.717) is 22.2 Å². The number of ether oxygens (including phenoxy) is 1. The lowest BCUT2D eigenvalue weighted by atomic mass is 10.2. The van der Waals surface area contributed by atoms with Gasteiger partial charge in [0, 0.05) is 11.8 Å². The van der Waals surface area contributed by atoms with Crippen LogP contribution in [0.15, 0.2) is 84.9 Å². The first kappa shape index (κ1) is 23.0. The summed E-state index contributed by atoms with van der Waals surface area (Å²) < 4.78 is 7.12. The number of fused-ring (bicyclic) bond motifs is 2. The molecule has 7 heteroatoms. The molecule has 178 valence electrons. The molecule has 5 rings (SSSR count). The Labute approximate surface area is 208 Å². The Morgan fingerprint density at radius 1 is 0.917 bits per heavy atom. The Morgan fingerprint density at radius 3 is 2.28 bits per heavy atom. The van der Waals surface area contributed by atoms with Crippen molar-refractivity contribution < 1.29 is 14.3 Å². The van der Waals surface area contributed by atoms with Crippen LogP contribution in [0.4, 0.5) is 5.82 Å². The van der Waals surface area contributed by atoms with Gasteiger partial charge >= 0.3 is 5.97 Å². The summed E-state index contributed by atoms with van der Waals surface area (Å²) in [6, 6.07) is 24.7. The molecular formula is C29H24N4O3. The molecule has 0 bridgehead atoms. The van der Waals surface area contributed by atoms with Crippen LogP contribution in [0.25, 0.3) is 34.0 Å². The summed E-state index contributed by atoms with van der Waals surface area (Å²) in [4.78, 5) is 35.8. The second-order valence-electron chi connectivity index (χ2n) is 8.23. The summed E-state index contributed by atoms with van der Waals surface area (Å²) in [7, 11) is 0.